The van der Waals surface area contributed by atoms with Crippen LogP contribution in [0.1, 0.15) is 38.2 Å². The van der Waals surface area contributed by atoms with Gasteiger partial charge in [0.05, 0.1) is 4.90 Å². The number of rotatable bonds is 7. The Labute approximate surface area is 137 Å². The molecule has 0 radical (unpaired) electrons. The summed E-state index contributed by atoms with van der Waals surface area (Å²) in [6.07, 6.45) is 3.90. The van der Waals surface area contributed by atoms with Crippen LogP contribution >= 0.6 is 0 Å². The molecular weight excluding hydrogens is 314 g/mol. The fourth-order valence-electron chi connectivity index (χ4n) is 2.50. The molecule has 23 heavy (non-hydrogen) atoms. The SMILES string of the molecule is CCCCCCN1C(=N)N(S(=O)(=O)c2ccc(C)cc2)CC1=O. The average Bonchev–Trinajstić information content (AvgIpc) is 2.80. The number of benzene rings is 1. The van der Waals surface area contributed by atoms with Gasteiger partial charge in [-0.15, -0.1) is 0 Å². The molecule has 1 aromatic rings. The Morgan fingerprint density at radius 3 is 2.39 bits per heavy atom. The van der Waals surface area contributed by atoms with E-state index in [1.54, 1.807) is 12.1 Å². The topological polar surface area (TPSA) is 81.5 Å². The average molecular weight is 337 g/mol. The number of guanidine groups is 1. The van der Waals surface area contributed by atoms with E-state index in [4.69, 9.17) is 5.41 Å². The summed E-state index contributed by atoms with van der Waals surface area (Å²) in [6.45, 7) is 4.08. The van der Waals surface area contributed by atoms with Gasteiger partial charge in [-0.25, -0.2) is 12.7 Å². The molecule has 0 aromatic heterocycles. The van der Waals surface area contributed by atoms with Gasteiger partial charge in [-0.05, 0) is 25.5 Å². The van der Waals surface area contributed by atoms with Gasteiger partial charge in [0.25, 0.3) is 10.0 Å². The third kappa shape index (κ3) is 3.72. The Balaban J connectivity index is 2.13. The highest BCUT2D eigenvalue weighted by molar-refractivity contribution is 7.89. The monoisotopic (exact) mass is 337 g/mol. The fourth-order valence-corrected chi connectivity index (χ4v) is 3.84. The first-order valence-corrected chi connectivity index (χ1v) is 9.30. The molecule has 126 valence electrons. The lowest BCUT2D eigenvalue weighted by atomic mass is 10.2. The van der Waals surface area contributed by atoms with E-state index in [-0.39, 0.29) is 23.3 Å². The maximum absolute atomic E-state index is 12.6. The van der Waals surface area contributed by atoms with Crippen LogP contribution in [0.5, 0.6) is 0 Å². The molecule has 1 heterocycles. The standard InChI is InChI=1S/C16H23N3O3S/c1-3-4-5-6-11-18-15(20)12-19(16(18)17)23(21,22)14-9-7-13(2)8-10-14/h7-10,17H,3-6,11-12H2,1-2H3. The molecule has 0 unspecified atom stereocenters. The van der Waals surface area contributed by atoms with Crippen molar-refractivity contribution in [1.29, 1.82) is 5.41 Å². The molecule has 1 amide bonds. The molecular formula is C16H23N3O3S. The van der Waals surface area contributed by atoms with Gasteiger partial charge < -0.3 is 0 Å². The molecule has 1 N–H and O–H groups in total. The van der Waals surface area contributed by atoms with E-state index in [9.17, 15) is 13.2 Å². The second kappa shape index (κ2) is 7.12. The molecule has 0 bridgehead atoms. The van der Waals surface area contributed by atoms with Crippen molar-refractivity contribution in [3.8, 4) is 0 Å². The Morgan fingerprint density at radius 2 is 1.78 bits per heavy atom. The molecule has 1 fully saturated rings. The van der Waals surface area contributed by atoms with Crippen molar-refractivity contribution in [3.63, 3.8) is 0 Å². The van der Waals surface area contributed by atoms with E-state index < -0.39 is 10.0 Å². The number of carbonyl (C=O) groups excluding carboxylic acids is 1. The molecule has 0 spiro atoms. The Kier molecular flexibility index (Phi) is 5.41. The Morgan fingerprint density at radius 1 is 1.13 bits per heavy atom. The number of hydrogen-bond acceptors (Lipinski definition) is 4. The lowest BCUT2D eigenvalue weighted by Gasteiger charge is -2.20. The van der Waals surface area contributed by atoms with Gasteiger partial charge in [-0.2, -0.15) is 0 Å². The van der Waals surface area contributed by atoms with E-state index in [0.717, 1.165) is 35.6 Å². The number of nitrogens with one attached hydrogen (secondary N) is 1. The molecule has 1 saturated heterocycles. The summed E-state index contributed by atoms with van der Waals surface area (Å²) in [7, 11) is -3.86. The van der Waals surface area contributed by atoms with E-state index in [1.807, 2.05) is 6.92 Å². The van der Waals surface area contributed by atoms with Crippen molar-refractivity contribution in [2.24, 2.45) is 0 Å². The van der Waals surface area contributed by atoms with Crippen molar-refractivity contribution in [1.82, 2.24) is 9.21 Å². The largest absolute Gasteiger partial charge is 0.280 e. The second-order valence-electron chi connectivity index (χ2n) is 5.75. The van der Waals surface area contributed by atoms with Crippen molar-refractivity contribution < 1.29 is 13.2 Å². The van der Waals surface area contributed by atoms with Gasteiger partial charge in [-0.1, -0.05) is 43.9 Å². The van der Waals surface area contributed by atoms with Gasteiger partial charge in [0.1, 0.15) is 6.54 Å². The highest BCUT2D eigenvalue weighted by Gasteiger charge is 2.40. The van der Waals surface area contributed by atoms with Crippen LogP contribution in [0.4, 0.5) is 0 Å². The van der Waals surface area contributed by atoms with Crippen LogP contribution in [0.15, 0.2) is 29.2 Å². The molecule has 1 aromatic carbocycles. The zero-order valence-corrected chi connectivity index (χ0v) is 14.4. The number of carbonyl (C=O) groups is 1. The van der Waals surface area contributed by atoms with Crippen LogP contribution in [0, 0.1) is 12.3 Å². The summed E-state index contributed by atoms with van der Waals surface area (Å²) in [5.74, 6) is -0.575. The minimum Gasteiger partial charge on any atom is -0.280 e. The minimum absolute atomic E-state index is 0.105. The molecule has 6 nitrogen and oxygen atoms in total. The van der Waals surface area contributed by atoms with Crippen molar-refractivity contribution in [3.05, 3.63) is 29.8 Å². The molecule has 0 aliphatic carbocycles. The van der Waals surface area contributed by atoms with Gasteiger partial charge >= 0.3 is 0 Å². The minimum atomic E-state index is -3.86. The van der Waals surface area contributed by atoms with Crippen LogP contribution in [-0.4, -0.2) is 42.6 Å². The number of hydrogen-bond donors (Lipinski definition) is 1. The van der Waals surface area contributed by atoms with Crippen molar-refractivity contribution in [2.45, 2.75) is 44.4 Å². The van der Waals surface area contributed by atoms with Crippen LogP contribution in [0.2, 0.25) is 0 Å². The van der Waals surface area contributed by atoms with Gasteiger partial charge in [0, 0.05) is 6.54 Å². The molecule has 7 heteroatoms. The molecule has 1 aliphatic heterocycles. The summed E-state index contributed by atoms with van der Waals surface area (Å²) in [6, 6.07) is 6.42. The Bertz CT molecular complexity index is 683. The first-order valence-electron chi connectivity index (χ1n) is 7.86. The van der Waals surface area contributed by atoms with Crippen LogP contribution in [-0.2, 0) is 14.8 Å². The quantitative estimate of drug-likeness (QED) is 0.775. The lowest BCUT2D eigenvalue weighted by Crippen LogP contribution is -2.37. The predicted molar refractivity (Wildman–Crippen MR) is 88.7 cm³/mol. The van der Waals surface area contributed by atoms with E-state index in [2.05, 4.69) is 6.92 Å². The second-order valence-corrected chi connectivity index (χ2v) is 7.62. The number of aryl methyl sites for hydroxylation is 1. The number of unbranched alkanes of at least 4 members (excludes halogenated alkanes) is 3. The number of amides is 1. The molecule has 2 rings (SSSR count). The molecule has 0 saturated carbocycles. The van der Waals surface area contributed by atoms with Gasteiger partial charge in [-0.3, -0.25) is 15.1 Å². The normalized spacial score (nSPS) is 15.6. The first kappa shape index (κ1) is 17.5. The zero-order valence-electron chi connectivity index (χ0n) is 13.6. The van der Waals surface area contributed by atoms with Crippen LogP contribution in [0.3, 0.4) is 0 Å². The van der Waals surface area contributed by atoms with Crippen molar-refractivity contribution in [2.75, 3.05) is 13.1 Å². The maximum Gasteiger partial charge on any atom is 0.267 e. The summed E-state index contributed by atoms with van der Waals surface area (Å²) >= 11 is 0. The summed E-state index contributed by atoms with van der Waals surface area (Å²) in [4.78, 5) is 13.4. The van der Waals surface area contributed by atoms with E-state index >= 15 is 0 Å². The highest BCUT2D eigenvalue weighted by atomic mass is 32.2. The van der Waals surface area contributed by atoms with Crippen LogP contribution in [0.25, 0.3) is 0 Å². The summed E-state index contributed by atoms with van der Waals surface area (Å²) in [5.41, 5.74) is 0.953. The third-order valence-corrected chi connectivity index (χ3v) is 5.67. The van der Waals surface area contributed by atoms with E-state index in [1.165, 1.54) is 17.0 Å². The maximum atomic E-state index is 12.6. The van der Waals surface area contributed by atoms with E-state index in [0.29, 0.717) is 6.54 Å². The molecule has 0 atom stereocenters. The number of sulfonamides is 1. The number of nitrogens with zero attached hydrogens (tertiary/aromatic N) is 2. The van der Waals surface area contributed by atoms with Crippen molar-refractivity contribution >= 4 is 21.9 Å². The summed E-state index contributed by atoms with van der Waals surface area (Å²) in [5, 5.41) is 8.07. The summed E-state index contributed by atoms with van der Waals surface area (Å²) < 4.78 is 26.1. The fraction of sp³-hybridized carbons (Fsp3) is 0.500. The van der Waals surface area contributed by atoms with Gasteiger partial charge in [0.2, 0.25) is 11.9 Å². The van der Waals surface area contributed by atoms with Crippen LogP contribution < -0.4 is 0 Å². The van der Waals surface area contributed by atoms with Gasteiger partial charge in [0.15, 0.2) is 0 Å². The Hall–Kier alpha value is -1.89. The molecule has 1 aliphatic rings. The zero-order chi connectivity index (χ0) is 17.0. The first-order chi connectivity index (χ1) is 10.9. The lowest BCUT2D eigenvalue weighted by molar-refractivity contribution is -0.124. The smallest absolute Gasteiger partial charge is 0.267 e. The third-order valence-electron chi connectivity index (χ3n) is 3.92. The highest BCUT2D eigenvalue weighted by Crippen LogP contribution is 2.22. The predicted octanol–water partition coefficient (Wildman–Crippen LogP) is 2.34.